The van der Waals surface area contributed by atoms with Crippen LogP contribution in [0.5, 0.6) is 0 Å². The van der Waals surface area contributed by atoms with Gasteiger partial charge >= 0.3 is 0 Å². The molecule has 23 heavy (non-hydrogen) atoms. The summed E-state index contributed by atoms with van der Waals surface area (Å²) in [6.45, 7) is 9.07. The largest absolute Gasteiger partial charge is 0.0619 e. The summed E-state index contributed by atoms with van der Waals surface area (Å²) >= 11 is 0. The molecule has 0 amide bonds. The van der Waals surface area contributed by atoms with Crippen molar-refractivity contribution >= 4 is 0 Å². The van der Waals surface area contributed by atoms with Crippen LogP contribution in [-0.2, 0) is 5.41 Å². The molecule has 1 aliphatic carbocycles. The number of benzene rings is 3. The van der Waals surface area contributed by atoms with E-state index in [0.717, 1.165) is 0 Å². The lowest BCUT2D eigenvalue weighted by atomic mass is 9.78. The normalized spacial score (nSPS) is 14.4. The molecule has 0 heterocycles. The Morgan fingerprint density at radius 1 is 0.652 bits per heavy atom. The third-order valence-corrected chi connectivity index (χ3v) is 5.40. The second-order valence-corrected chi connectivity index (χ2v) is 7.20. The molecule has 0 fully saturated rings. The lowest BCUT2D eigenvalue weighted by Gasteiger charge is -2.24. The summed E-state index contributed by atoms with van der Waals surface area (Å²) in [6.07, 6.45) is 0. The maximum atomic E-state index is 2.35. The molecule has 3 aromatic rings. The summed E-state index contributed by atoms with van der Waals surface area (Å²) < 4.78 is 0. The molecular formula is C23H22. The van der Waals surface area contributed by atoms with E-state index in [1.807, 2.05) is 0 Å². The highest BCUT2D eigenvalue weighted by atomic mass is 14.4. The summed E-state index contributed by atoms with van der Waals surface area (Å²) in [4.78, 5) is 0. The molecule has 0 N–H and O–H groups in total. The Labute approximate surface area is 138 Å². The molecular weight excluding hydrogens is 276 g/mol. The molecule has 4 rings (SSSR count). The Hall–Kier alpha value is -2.34. The van der Waals surface area contributed by atoms with Crippen LogP contribution in [0.4, 0.5) is 0 Å². The molecule has 0 heteroatoms. The maximum Gasteiger partial charge on any atom is 0.0165 e. The van der Waals surface area contributed by atoms with Crippen LogP contribution in [0.15, 0.2) is 60.7 Å². The van der Waals surface area contributed by atoms with Gasteiger partial charge in [-0.2, -0.15) is 0 Å². The Balaban J connectivity index is 2.02. The third-order valence-electron chi connectivity index (χ3n) is 5.40. The average molecular weight is 298 g/mol. The first kappa shape index (κ1) is 14.3. The van der Waals surface area contributed by atoms with Crippen molar-refractivity contribution in [2.24, 2.45) is 0 Å². The Morgan fingerprint density at radius 3 is 2.13 bits per heavy atom. The molecule has 0 spiro atoms. The fourth-order valence-corrected chi connectivity index (χ4v) is 4.00. The van der Waals surface area contributed by atoms with Crippen LogP contribution in [-0.4, -0.2) is 0 Å². The summed E-state index contributed by atoms with van der Waals surface area (Å²) in [7, 11) is 0. The van der Waals surface area contributed by atoms with Crippen LogP contribution in [0.1, 0.15) is 36.1 Å². The first-order valence-corrected chi connectivity index (χ1v) is 8.31. The zero-order valence-corrected chi connectivity index (χ0v) is 14.3. The average Bonchev–Trinajstić information content (AvgIpc) is 2.79. The highest BCUT2D eigenvalue weighted by Gasteiger charge is 2.37. The SMILES string of the molecule is Cc1ccc(-c2cccc3c2C(C)(C)c2ccccc2-3)cc1C. The Bertz CT molecular complexity index is 913. The highest BCUT2D eigenvalue weighted by molar-refractivity contribution is 5.88. The molecule has 0 aliphatic heterocycles. The van der Waals surface area contributed by atoms with Crippen molar-refractivity contribution in [3.05, 3.63) is 82.9 Å². The molecule has 0 atom stereocenters. The van der Waals surface area contributed by atoms with Crippen molar-refractivity contribution in [2.75, 3.05) is 0 Å². The van der Waals surface area contributed by atoms with E-state index in [9.17, 15) is 0 Å². The first-order chi connectivity index (χ1) is 11.0. The summed E-state index contributed by atoms with van der Waals surface area (Å²) in [5.74, 6) is 0. The fraction of sp³-hybridized carbons (Fsp3) is 0.217. The van der Waals surface area contributed by atoms with Crippen LogP contribution in [0.25, 0.3) is 22.3 Å². The summed E-state index contributed by atoms with van der Waals surface area (Å²) in [6, 6.07) is 22.4. The number of fused-ring (bicyclic) bond motifs is 3. The molecule has 3 aromatic carbocycles. The van der Waals surface area contributed by atoms with Crippen molar-refractivity contribution in [3.63, 3.8) is 0 Å². The van der Waals surface area contributed by atoms with E-state index in [4.69, 9.17) is 0 Å². The van der Waals surface area contributed by atoms with Gasteiger partial charge in [-0.15, -0.1) is 0 Å². The van der Waals surface area contributed by atoms with Crippen LogP contribution in [0.2, 0.25) is 0 Å². The minimum Gasteiger partial charge on any atom is -0.0619 e. The molecule has 1 aliphatic rings. The van der Waals surface area contributed by atoms with Gasteiger partial charge in [0.15, 0.2) is 0 Å². The van der Waals surface area contributed by atoms with Crippen LogP contribution < -0.4 is 0 Å². The van der Waals surface area contributed by atoms with E-state index >= 15 is 0 Å². The third kappa shape index (κ3) is 1.98. The highest BCUT2D eigenvalue weighted by Crippen LogP contribution is 2.51. The Morgan fingerprint density at radius 2 is 1.35 bits per heavy atom. The smallest absolute Gasteiger partial charge is 0.0165 e. The van der Waals surface area contributed by atoms with E-state index in [0.29, 0.717) is 0 Å². The topological polar surface area (TPSA) is 0 Å². The van der Waals surface area contributed by atoms with E-state index < -0.39 is 0 Å². The predicted octanol–water partition coefficient (Wildman–Crippen LogP) is 6.28. The van der Waals surface area contributed by atoms with Crippen molar-refractivity contribution in [3.8, 4) is 22.3 Å². The molecule has 0 nitrogen and oxygen atoms in total. The zero-order chi connectivity index (χ0) is 16.2. The van der Waals surface area contributed by atoms with Gasteiger partial charge in [0.2, 0.25) is 0 Å². The van der Waals surface area contributed by atoms with Crippen LogP contribution in [0, 0.1) is 13.8 Å². The maximum absolute atomic E-state index is 2.35. The van der Waals surface area contributed by atoms with Gasteiger partial charge < -0.3 is 0 Å². The molecule has 0 bridgehead atoms. The monoisotopic (exact) mass is 298 g/mol. The number of hydrogen-bond acceptors (Lipinski definition) is 0. The molecule has 114 valence electrons. The van der Waals surface area contributed by atoms with Gasteiger partial charge in [0, 0.05) is 5.41 Å². The van der Waals surface area contributed by atoms with Gasteiger partial charge in [0.05, 0.1) is 0 Å². The summed E-state index contributed by atoms with van der Waals surface area (Å²) in [5.41, 5.74) is 11.1. The zero-order valence-electron chi connectivity index (χ0n) is 14.3. The lowest BCUT2D eigenvalue weighted by Crippen LogP contribution is -2.16. The minimum absolute atomic E-state index is 0.0430. The van der Waals surface area contributed by atoms with Crippen molar-refractivity contribution in [2.45, 2.75) is 33.1 Å². The van der Waals surface area contributed by atoms with Crippen molar-refractivity contribution in [1.82, 2.24) is 0 Å². The number of hydrogen-bond donors (Lipinski definition) is 0. The summed E-state index contributed by atoms with van der Waals surface area (Å²) in [5, 5.41) is 0. The van der Waals surface area contributed by atoms with Gasteiger partial charge in [-0.1, -0.05) is 74.5 Å². The van der Waals surface area contributed by atoms with Crippen molar-refractivity contribution in [1.29, 1.82) is 0 Å². The van der Waals surface area contributed by atoms with Gasteiger partial charge in [0.25, 0.3) is 0 Å². The molecule has 0 unspecified atom stereocenters. The Kier molecular flexibility index (Phi) is 2.99. The van der Waals surface area contributed by atoms with E-state index in [1.165, 1.54) is 44.5 Å². The standard InChI is InChI=1S/C23H22/c1-15-12-13-17(14-16(15)2)18-9-7-10-20-19-8-5-6-11-21(19)23(3,4)22(18)20/h5-14H,1-4H3. The van der Waals surface area contributed by atoms with E-state index in [-0.39, 0.29) is 5.41 Å². The van der Waals surface area contributed by atoms with Crippen molar-refractivity contribution < 1.29 is 0 Å². The quantitative estimate of drug-likeness (QED) is 0.496. The van der Waals surface area contributed by atoms with Gasteiger partial charge in [-0.25, -0.2) is 0 Å². The van der Waals surface area contributed by atoms with Gasteiger partial charge in [-0.3, -0.25) is 0 Å². The second kappa shape index (κ2) is 4.83. The first-order valence-electron chi connectivity index (χ1n) is 8.31. The molecule has 0 saturated heterocycles. The fourth-order valence-electron chi connectivity index (χ4n) is 4.00. The number of rotatable bonds is 1. The predicted molar refractivity (Wildman–Crippen MR) is 98.9 cm³/mol. The number of aryl methyl sites for hydroxylation is 2. The van der Waals surface area contributed by atoms with Crippen LogP contribution >= 0.6 is 0 Å². The van der Waals surface area contributed by atoms with Crippen LogP contribution in [0.3, 0.4) is 0 Å². The van der Waals surface area contributed by atoms with Gasteiger partial charge in [0.1, 0.15) is 0 Å². The lowest BCUT2D eigenvalue weighted by molar-refractivity contribution is 0.662. The molecule has 0 saturated carbocycles. The van der Waals surface area contributed by atoms with Gasteiger partial charge in [-0.05, 0) is 58.4 Å². The van der Waals surface area contributed by atoms with E-state index in [1.54, 1.807) is 0 Å². The second-order valence-electron chi connectivity index (χ2n) is 7.20. The minimum atomic E-state index is 0.0430. The van der Waals surface area contributed by atoms with E-state index in [2.05, 4.69) is 88.4 Å². The molecule has 0 aromatic heterocycles. The molecule has 0 radical (unpaired) electrons.